The van der Waals surface area contributed by atoms with Crippen molar-refractivity contribution in [2.75, 3.05) is 19.6 Å². The van der Waals surface area contributed by atoms with E-state index in [1.54, 1.807) is 0 Å². The molecule has 0 bridgehead atoms. The fourth-order valence-corrected chi connectivity index (χ4v) is 2.89. The van der Waals surface area contributed by atoms with E-state index in [0.717, 1.165) is 31.4 Å². The Balaban J connectivity index is 1.75. The summed E-state index contributed by atoms with van der Waals surface area (Å²) in [5.41, 5.74) is 1.10. The summed E-state index contributed by atoms with van der Waals surface area (Å²) in [5, 5.41) is 3.63. The normalized spacial score (nSPS) is 17.8. The molecule has 0 spiro atoms. The van der Waals surface area contributed by atoms with Crippen molar-refractivity contribution in [2.24, 2.45) is 5.92 Å². The lowest BCUT2D eigenvalue weighted by atomic mass is 10.1. The predicted molar refractivity (Wildman–Crippen MR) is 87.8 cm³/mol. The summed E-state index contributed by atoms with van der Waals surface area (Å²) in [7, 11) is 0. The van der Waals surface area contributed by atoms with E-state index in [4.69, 9.17) is 11.6 Å². The van der Waals surface area contributed by atoms with E-state index < -0.39 is 0 Å². The molecule has 2 rings (SSSR count). The molecule has 0 aliphatic carbocycles. The minimum atomic E-state index is -0.205. The van der Waals surface area contributed by atoms with Gasteiger partial charge in [0.25, 0.3) is 0 Å². The molecule has 4 nitrogen and oxygen atoms in total. The Morgan fingerprint density at radius 1 is 1.45 bits per heavy atom. The lowest BCUT2D eigenvalue weighted by Crippen LogP contribution is -2.34. The first-order valence-electron chi connectivity index (χ1n) is 7.90. The van der Waals surface area contributed by atoms with Gasteiger partial charge in [0, 0.05) is 31.1 Å². The van der Waals surface area contributed by atoms with Crippen molar-refractivity contribution >= 4 is 23.4 Å². The molecular formula is C17H23ClN2O2. The van der Waals surface area contributed by atoms with Crippen molar-refractivity contribution in [3.63, 3.8) is 0 Å². The number of hydrogen-bond acceptors (Lipinski definition) is 2. The Kier molecular flexibility index (Phi) is 6.25. The van der Waals surface area contributed by atoms with E-state index in [9.17, 15) is 9.59 Å². The summed E-state index contributed by atoms with van der Waals surface area (Å²) in [4.78, 5) is 25.8. The van der Waals surface area contributed by atoms with Gasteiger partial charge in [-0.05, 0) is 30.5 Å². The van der Waals surface area contributed by atoms with E-state index in [1.165, 1.54) is 0 Å². The Labute approximate surface area is 136 Å². The number of hydrogen-bond donors (Lipinski definition) is 1. The maximum Gasteiger partial charge on any atom is 0.225 e. The first-order chi connectivity index (χ1) is 10.6. The maximum atomic E-state index is 12.2. The van der Waals surface area contributed by atoms with Gasteiger partial charge in [0.05, 0.1) is 5.92 Å². The van der Waals surface area contributed by atoms with Gasteiger partial charge >= 0.3 is 0 Å². The highest BCUT2D eigenvalue weighted by Crippen LogP contribution is 2.18. The minimum absolute atomic E-state index is 0.0191. The van der Waals surface area contributed by atoms with Gasteiger partial charge in [-0.25, -0.2) is 0 Å². The third kappa shape index (κ3) is 4.73. The minimum Gasteiger partial charge on any atom is -0.355 e. The van der Waals surface area contributed by atoms with Crippen molar-refractivity contribution in [3.05, 3.63) is 34.9 Å². The second-order valence-electron chi connectivity index (χ2n) is 5.77. The number of benzene rings is 1. The van der Waals surface area contributed by atoms with Crippen molar-refractivity contribution in [3.8, 4) is 0 Å². The zero-order valence-electron chi connectivity index (χ0n) is 13.0. The number of nitrogens with zero attached hydrogens (tertiary/aromatic N) is 1. The number of nitrogens with one attached hydrogen (secondary N) is 1. The van der Waals surface area contributed by atoms with E-state index in [2.05, 4.69) is 12.2 Å². The second kappa shape index (κ2) is 8.18. The van der Waals surface area contributed by atoms with Gasteiger partial charge in [0.2, 0.25) is 11.8 Å². The lowest BCUT2D eigenvalue weighted by Gasteiger charge is -2.16. The van der Waals surface area contributed by atoms with Crippen molar-refractivity contribution < 1.29 is 9.59 Å². The highest BCUT2D eigenvalue weighted by atomic mass is 35.5. The summed E-state index contributed by atoms with van der Waals surface area (Å²) in [5.74, 6) is -0.124. The van der Waals surface area contributed by atoms with Gasteiger partial charge in [-0.1, -0.05) is 37.1 Å². The van der Waals surface area contributed by atoms with Crippen LogP contribution < -0.4 is 5.32 Å². The highest BCUT2D eigenvalue weighted by molar-refractivity contribution is 6.30. The average Bonchev–Trinajstić information content (AvgIpc) is 2.86. The molecule has 120 valence electrons. The van der Waals surface area contributed by atoms with Crippen LogP contribution in [0.15, 0.2) is 24.3 Å². The lowest BCUT2D eigenvalue weighted by molar-refractivity contribution is -0.129. The SMILES string of the molecule is CCCCN1CC(C(=O)NCCc2cccc(Cl)c2)CC1=O. The Hall–Kier alpha value is -1.55. The van der Waals surface area contributed by atoms with Gasteiger partial charge in [-0.15, -0.1) is 0 Å². The van der Waals surface area contributed by atoms with E-state index in [-0.39, 0.29) is 17.7 Å². The van der Waals surface area contributed by atoms with E-state index >= 15 is 0 Å². The first-order valence-corrected chi connectivity index (χ1v) is 8.28. The van der Waals surface area contributed by atoms with Crippen LogP contribution in [0.5, 0.6) is 0 Å². The zero-order valence-corrected chi connectivity index (χ0v) is 13.7. The number of rotatable bonds is 7. The zero-order chi connectivity index (χ0) is 15.9. The molecule has 1 aliphatic rings. The summed E-state index contributed by atoms with van der Waals surface area (Å²) >= 11 is 5.93. The molecule has 1 atom stereocenters. The molecule has 0 saturated carbocycles. The molecule has 1 aliphatic heterocycles. The molecule has 1 aromatic rings. The van der Waals surface area contributed by atoms with Gasteiger partial charge < -0.3 is 10.2 Å². The van der Waals surface area contributed by atoms with Gasteiger partial charge in [0.1, 0.15) is 0 Å². The summed E-state index contributed by atoms with van der Waals surface area (Å²) in [6, 6.07) is 7.63. The molecule has 1 fully saturated rings. The third-order valence-electron chi connectivity index (χ3n) is 3.97. The standard InChI is InChI=1S/C17H23ClN2O2/c1-2-3-9-20-12-14(11-16(20)21)17(22)19-8-7-13-5-4-6-15(18)10-13/h4-6,10,14H,2-3,7-9,11-12H2,1H3,(H,19,22). The van der Waals surface area contributed by atoms with Gasteiger partial charge in [-0.2, -0.15) is 0 Å². The van der Waals surface area contributed by atoms with Crippen molar-refractivity contribution in [1.82, 2.24) is 10.2 Å². The smallest absolute Gasteiger partial charge is 0.225 e. The van der Waals surface area contributed by atoms with Crippen LogP contribution in [0.3, 0.4) is 0 Å². The fraction of sp³-hybridized carbons (Fsp3) is 0.529. The number of unbranched alkanes of at least 4 members (excludes halogenated alkanes) is 1. The molecule has 0 radical (unpaired) electrons. The predicted octanol–water partition coefficient (Wildman–Crippen LogP) is 2.65. The number of amides is 2. The summed E-state index contributed by atoms with van der Waals surface area (Å²) in [6.07, 6.45) is 3.13. The molecular weight excluding hydrogens is 300 g/mol. The molecule has 1 aromatic carbocycles. The maximum absolute atomic E-state index is 12.2. The van der Waals surface area contributed by atoms with E-state index in [0.29, 0.717) is 24.5 Å². The molecule has 2 amide bonds. The molecule has 0 aromatic heterocycles. The van der Waals surface area contributed by atoms with Crippen LogP contribution in [0.1, 0.15) is 31.7 Å². The van der Waals surface area contributed by atoms with Crippen LogP contribution in [-0.2, 0) is 16.0 Å². The fourth-order valence-electron chi connectivity index (χ4n) is 2.68. The first kappa shape index (κ1) is 16.8. The van der Waals surface area contributed by atoms with Crippen molar-refractivity contribution in [1.29, 1.82) is 0 Å². The van der Waals surface area contributed by atoms with Gasteiger partial charge in [-0.3, -0.25) is 9.59 Å². The van der Waals surface area contributed by atoms with Crippen molar-refractivity contribution in [2.45, 2.75) is 32.6 Å². The number of halogens is 1. The third-order valence-corrected chi connectivity index (χ3v) is 4.20. The number of carbonyl (C=O) groups is 2. The van der Waals surface area contributed by atoms with Crippen LogP contribution in [0, 0.1) is 5.92 Å². The largest absolute Gasteiger partial charge is 0.355 e. The Morgan fingerprint density at radius 2 is 2.27 bits per heavy atom. The van der Waals surface area contributed by atoms with Crippen LogP contribution in [0.4, 0.5) is 0 Å². The molecule has 1 heterocycles. The molecule has 1 N–H and O–H groups in total. The van der Waals surface area contributed by atoms with Crippen LogP contribution in [-0.4, -0.2) is 36.3 Å². The number of likely N-dealkylation sites (tertiary alicyclic amines) is 1. The molecule has 1 saturated heterocycles. The number of carbonyl (C=O) groups excluding carboxylic acids is 2. The average molecular weight is 323 g/mol. The monoisotopic (exact) mass is 322 g/mol. The molecule has 5 heteroatoms. The van der Waals surface area contributed by atoms with Crippen LogP contribution in [0.2, 0.25) is 5.02 Å². The Bertz CT molecular complexity index is 533. The van der Waals surface area contributed by atoms with E-state index in [1.807, 2.05) is 29.2 Å². The van der Waals surface area contributed by atoms with Gasteiger partial charge in [0.15, 0.2) is 0 Å². The van der Waals surface area contributed by atoms with Crippen LogP contribution >= 0.6 is 11.6 Å². The second-order valence-corrected chi connectivity index (χ2v) is 6.20. The topological polar surface area (TPSA) is 49.4 Å². The summed E-state index contributed by atoms with van der Waals surface area (Å²) in [6.45, 7) is 3.99. The quantitative estimate of drug-likeness (QED) is 0.839. The van der Waals surface area contributed by atoms with Crippen LogP contribution in [0.25, 0.3) is 0 Å². The highest BCUT2D eigenvalue weighted by Gasteiger charge is 2.33. The molecule has 22 heavy (non-hydrogen) atoms. The summed E-state index contributed by atoms with van der Waals surface area (Å²) < 4.78 is 0. The molecule has 1 unspecified atom stereocenters. The Morgan fingerprint density at radius 3 is 3.00 bits per heavy atom.